The fourth-order valence-electron chi connectivity index (χ4n) is 3.54. The molecule has 2 aromatic rings. The normalized spacial score (nSPS) is 23.9. The Morgan fingerprint density at radius 3 is 2.80 bits per heavy atom. The second-order valence-corrected chi connectivity index (χ2v) is 6.83. The van der Waals surface area contributed by atoms with Crippen molar-refractivity contribution in [1.29, 1.82) is 0 Å². The Bertz CT molecular complexity index is 835. The lowest BCUT2D eigenvalue weighted by molar-refractivity contribution is -0.153. The molecule has 1 fully saturated rings. The third-order valence-electron chi connectivity index (χ3n) is 4.87. The highest BCUT2D eigenvalue weighted by Crippen LogP contribution is 2.32. The number of amides is 1. The number of rotatable bonds is 1. The Hall–Kier alpha value is -1.77. The molecule has 0 bridgehead atoms. The maximum atomic E-state index is 12.8. The van der Waals surface area contributed by atoms with Gasteiger partial charge >= 0.3 is 6.18 Å². The average molecular weight is 373 g/mol. The summed E-state index contributed by atoms with van der Waals surface area (Å²) in [6.45, 7) is 0.828. The SMILES string of the molecule is O=C(C1CC(C(F)(F)F)NN1)N1CCc2[nH]c3c(Cl)cccc3c2C1. The third kappa shape index (κ3) is 2.88. The first-order chi connectivity index (χ1) is 11.8. The number of halogens is 4. The minimum Gasteiger partial charge on any atom is -0.357 e. The maximum Gasteiger partial charge on any atom is 0.405 e. The van der Waals surface area contributed by atoms with Gasteiger partial charge in [-0.2, -0.15) is 13.2 Å². The zero-order valence-corrected chi connectivity index (χ0v) is 13.8. The highest BCUT2D eigenvalue weighted by atomic mass is 35.5. The Labute approximate surface area is 146 Å². The van der Waals surface area contributed by atoms with E-state index in [-0.39, 0.29) is 12.3 Å². The first-order valence-corrected chi connectivity index (χ1v) is 8.37. The number of nitrogens with one attached hydrogen (secondary N) is 3. The van der Waals surface area contributed by atoms with E-state index in [1.807, 2.05) is 12.1 Å². The van der Waals surface area contributed by atoms with Gasteiger partial charge in [0.05, 0.1) is 10.5 Å². The van der Waals surface area contributed by atoms with Crippen molar-refractivity contribution in [2.24, 2.45) is 0 Å². The number of hydrogen-bond donors (Lipinski definition) is 3. The summed E-state index contributed by atoms with van der Waals surface area (Å²) in [5.41, 5.74) is 7.50. The van der Waals surface area contributed by atoms with Crippen LogP contribution in [0.25, 0.3) is 10.9 Å². The van der Waals surface area contributed by atoms with E-state index >= 15 is 0 Å². The number of carbonyl (C=O) groups is 1. The molecule has 0 aliphatic carbocycles. The van der Waals surface area contributed by atoms with Crippen LogP contribution in [0.4, 0.5) is 13.2 Å². The number of para-hydroxylation sites is 1. The van der Waals surface area contributed by atoms with Gasteiger partial charge in [-0.1, -0.05) is 23.7 Å². The van der Waals surface area contributed by atoms with Gasteiger partial charge in [0.25, 0.3) is 0 Å². The van der Waals surface area contributed by atoms with E-state index in [4.69, 9.17) is 11.6 Å². The minimum absolute atomic E-state index is 0.300. The molecule has 2 aliphatic rings. The van der Waals surface area contributed by atoms with Crippen molar-refractivity contribution in [3.63, 3.8) is 0 Å². The van der Waals surface area contributed by atoms with E-state index in [2.05, 4.69) is 15.8 Å². The zero-order chi connectivity index (χ0) is 17.8. The van der Waals surface area contributed by atoms with Crippen molar-refractivity contribution >= 4 is 28.4 Å². The Balaban J connectivity index is 1.54. The van der Waals surface area contributed by atoms with E-state index in [0.717, 1.165) is 22.2 Å². The molecule has 2 unspecified atom stereocenters. The van der Waals surface area contributed by atoms with Crippen LogP contribution in [0, 0.1) is 0 Å². The lowest BCUT2D eigenvalue weighted by atomic mass is 10.0. The standard InChI is InChI=1S/C16H16ClF3N4O/c17-10-3-1-2-8-9-7-24(5-4-11(9)21-14(8)10)15(25)12-6-13(23-22-12)16(18,19)20/h1-3,12-13,21-23H,4-7H2. The first kappa shape index (κ1) is 16.7. The molecule has 25 heavy (non-hydrogen) atoms. The van der Waals surface area contributed by atoms with Crippen LogP contribution in [-0.4, -0.2) is 40.6 Å². The van der Waals surface area contributed by atoms with E-state index in [9.17, 15) is 18.0 Å². The van der Waals surface area contributed by atoms with Gasteiger partial charge < -0.3 is 9.88 Å². The summed E-state index contributed by atoms with van der Waals surface area (Å²) in [6, 6.07) is 2.99. The lowest BCUT2D eigenvalue weighted by Gasteiger charge is -2.29. The van der Waals surface area contributed by atoms with E-state index in [0.29, 0.717) is 24.5 Å². The van der Waals surface area contributed by atoms with Crippen molar-refractivity contribution in [3.05, 3.63) is 34.5 Å². The number of H-pyrrole nitrogens is 1. The number of alkyl halides is 3. The molecule has 9 heteroatoms. The van der Waals surface area contributed by atoms with Gasteiger partial charge in [0.15, 0.2) is 0 Å². The Kier molecular flexibility index (Phi) is 3.93. The predicted molar refractivity (Wildman–Crippen MR) is 86.9 cm³/mol. The number of hydrazine groups is 1. The highest BCUT2D eigenvalue weighted by molar-refractivity contribution is 6.35. The summed E-state index contributed by atoms with van der Waals surface area (Å²) < 4.78 is 38.3. The molecule has 0 saturated carbocycles. The van der Waals surface area contributed by atoms with Crippen LogP contribution in [0.3, 0.4) is 0 Å². The summed E-state index contributed by atoms with van der Waals surface area (Å²) in [6.07, 6.45) is -4.05. The van der Waals surface area contributed by atoms with Gasteiger partial charge in [-0.25, -0.2) is 10.9 Å². The summed E-state index contributed by atoms with van der Waals surface area (Å²) >= 11 is 6.20. The van der Waals surface area contributed by atoms with Crippen LogP contribution >= 0.6 is 11.6 Å². The number of aromatic amines is 1. The number of fused-ring (bicyclic) bond motifs is 3. The number of carbonyl (C=O) groups excluding carboxylic acids is 1. The minimum atomic E-state index is -4.37. The Morgan fingerprint density at radius 1 is 1.28 bits per heavy atom. The van der Waals surface area contributed by atoms with E-state index < -0.39 is 18.3 Å². The number of benzene rings is 1. The molecule has 3 N–H and O–H groups in total. The molecule has 2 aliphatic heterocycles. The van der Waals surface area contributed by atoms with Crippen LogP contribution in [-0.2, 0) is 17.8 Å². The molecule has 0 spiro atoms. The number of aromatic nitrogens is 1. The average Bonchev–Trinajstić information content (AvgIpc) is 3.19. The zero-order valence-electron chi connectivity index (χ0n) is 13.1. The van der Waals surface area contributed by atoms with Crippen LogP contribution in [0.15, 0.2) is 18.2 Å². The third-order valence-corrected chi connectivity index (χ3v) is 5.18. The molecular weight excluding hydrogens is 357 g/mol. The fraction of sp³-hybridized carbons (Fsp3) is 0.438. The molecule has 3 heterocycles. The van der Waals surface area contributed by atoms with Gasteiger partial charge in [-0.3, -0.25) is 4.79 Å². The summed E-state index contributed by atoms with van der Waals surface area (Å²) in [4.78, 5) is 17.5. The molecule has 1 amide bonds. The molecule has 1 aromatic carbocycles. The second-order valence-electron chi connectivity index (χ2n) is 6.43. The van der Waals surface area contributed by atoms with Gasteiger partial charge in [0, 0.05) is 36.2 Å². The van der Waals surface area contributed by atoms with Crippen molar-refractivity contribution in [1.82, 2.24) is 20.7 Å². The highest BCUT2D eigenvalue weighted by Gasteiger charge is 2.46. The van der Waals surface area contributed by atoms with Crippen LogP contribution in [0.2, 0.25) is 5.02 Å². The topological polar surface area (TPSA) is 60.2 Å². The summed E-state index contributed by atoms with van der Waals surface area (Å²) in [5.74, 6) is -0.318. The van der Waals surface area contributed by atoms with Crippen molar-refractivity contribution < 1.29 is 18.0 Å². The predicted octanol–water partition coefficient (Wildman–Crippen LogP) is 2.50. The molecule has 0 radical (unpaired) electrons. The van der Waals surface area contributed by atoms with Gasteiger partial charge in [-0.05, 0) is 12.5 Å². The summed E-state index contributed by atoms with van der Waals surface area (Å²) in [7, 11) is 0. The lowest BCUT2D eigenvalue weighted by Crippen LogP contribution is -2.47. The number of nitrogens with zero attached hydrogens (tertiary/aromatic N) is 1. The second kappa shape index (κ2) is 5.89. The smallest absolute Gasteiger partial charge is 0.357 e. The molecule has 4 rings (SSSR count). The molecule has 2 atom stereocenters. The summed E-state index contributed by atoms with van der Waals surface area (Å²) in [5, 5.41) is 1.56. The molecule has 134 valence electrons. The van der Waals surface area contributed by atoms with Crippen molar-refractivity contribution in [2.75, 3.05) is 6.54 Å². The van der Waals surface area contributed by atoms with Crippen molar-refractivity contribution in [2.45, 2.75) is 37.6 Å². The molecular formula is C16H16ClF3N4O. The molecule has 5 nitrogen and oxygen atoms in total. The van der Waals surface area contributed by atoms with Crippen LogP contribution < -0.4 is 10.9 Å². The Morgan fingerprint density at radius 2 is 2.08 bits per heavy atom. The van der Waals surface area contributed by atoms with Gasteiger partial charge in [-0.15, -0.1) is 0 Å². The largest absolute Gasteiger partial charge is 0.405 e. The molecule has 1 aromatic heterocycles. The fourth-order valence-corrected chi connectivity index (χ4v) is 3.77. The number of hydrogen-bond acceptors (Lipinski definition) is 3. The van der Waals surface area contributed by atoms with Crippen molar-refractivity contribution in [3.8, 4) is 0 Å². The first-order valence-electron chi connectivity index (χ1n) is 7.99. The van der Waals surface area contributed by atoms with Gasteiger partial charge in [0.1, 0.15) is 12.1 Å². The molecule has 1 saturated heterocycles. The quantitative estimate of drug-likeness (QED) is 0.721. The van der Waals surface area contributed by atoms with E-state index in [1.165, 1.54) is 0 Å². The maximum absolute atomic E-state index is 12.8. The van der Waals surface area contributed by atoms with Crippen LogP contribution in [0.1, 0.15) is 17.7 Å². The van der Waals surface area contributed by atoms with E-state index in [1.54, 1.807) is 11.0 Å². The monoisotopic (exact) mass is 372 g/mol. The van der Waals surface area contributed by atoms with Crippen LogP contribution in [0.5, 0.6) is 0 Å². The van der Waals surface area contributed by atoms with Gasteiger partial charge in [0.2, 0.25) is 5.91 Å².